The quantitative estimate of drug-likeness (QED) is 0.697. The van der Waals surface area contributed by atoms with E-state index in [0.29, 0.717) is 22.0 Å². The van der Waals surface area contributed by atoms with E-state index in [1.807, 2.05) is 0 Å². The predicted molar refractivity (Wildman–Crippen MR) is 91.2 cm³/mol. The molecular formula is C18H13ClFN3O. The molecule has 0 aliphatic rings. The standard InChI is InChI=1S/C18H13ClFN3O/c19-14-7-13(9-22-10-14)18(24)8-12-5-6-21-11-17(12)23-16-3-1-15(20)2-4-16/h1-7,9-11,23H,8H2. The van der Waals surface area contributed by atoms with Crippen LogP contribution in [-0.4, -0.2) is 15.8 Å². The number of nitrogens with zero attached hydrogens (tertiary/aromatic N) is 2. The minimum Gasteiger partial charge on any atom is -0.354 e. The fraction of sp³-hybridized carbons (Fsp3) is 0.0556. The van der Waals surface area contributed by atoms with Crippen LogP contribution in [0.2, 0.25) is 5.02 Å². The van der Waals surface area contributed by atoms with Crippen molar-refractivity contribution in [2.45, 2.75) is 6.42 Å². The number of anilines is 2. The summed E-state index contributed by atoms with van der Waals surface area (Å²) in [5.74, 6) is -0.408. The van der Waals surface area contributed by atoms with Crippen LogP contribution in [0.4, 0.5) is 15.8 Å². The van der Waals surface area contributed by atoms with E-state index >= 15 is 0 Å². The van der Waals surface area contributed by atoms with E-state index in [4.69, 9.17) is 11.6 Å². The van der Waals surface area contributed by atoms with E-state index in [1.54, 1.807) is 36.7 Å². The number of halogens is 2. The molecule has 0 spiro atoms. The molecule has 6 heteroatoms. The summed E-state index contributed by atoms with van der Waals surface area (Å²) < 4.78 is 13.0. The van der Waals surface area contributed by atoms with Gasteiger partial charge in [-0.15, -0.1) is 0 Å². The maximum Gasteiger partial charge on any atom is 0.168 e. The molecule has 0 amide bonds. The Morgan fingerprint density at radius 3 is 2.62 bits per heavy atom. The predicted octanol–water partition coefficient (Wildman–Crippen LogP) is 4.44. The van der Waals surface area contributed by atoms with Crippen LogP contribution >= 0.6 is 11.6 Å². The Morgan fingerprint density at radius 2 is 1.88 bits per heavy atom. The Bertz CT molecular complexity index is 868. The molecule has 0 atom stereocenters. The highest BCUT2D eigenvalue weighted by atomic mass is 35.5. The van der Waals surface area contributed by atoms with Gasteiger partial charge < -0.3 is 5.32 Å². The van der Waals surface area contributed by atoms with Crippen molar-refractivity contribution in [1.82, 2.24) is 9.97 Å². The van der Waals surface area contributed by atoms with Gasteiger partial charge in [-0.05, 0) is 42.0 Å². The topological polar surface area (TPSA) is 54.9 Å². The molecule has 3 rings (SSSR count). The van der Waals surface area contributed by atoms with Gasteiger partial charge in [0, 0.05) is 36.3 Å². The van der Waals surface area contributed by atoms with Crippen molar-refractivity contribution in [3.63, 3.8) is 0 Å². The van der Waals surface area contributed by atoms with Crippen LogP contribution in [0, 0.1) is 5.82 Å². The van der Waals surface area contributed by atoms with Crippen LogP contribution in [0.1, 0.15) is 15.9 Å². The van der Waals surface area contributed by atoms with Crippen LogP contribution in [0.5, 0.6) is 0 Å². The van der Waals surface area contributed by atoms with E-state index in [1.165, 1.54) is 24.5 Å². The van der Waals surface area contributed by atoms with Gasteiger partial charge in [-0.2, -0.15) is 0 Å². The zero-order valence-corrected chi connectivity index (χ0v) is 13.3. The molecular weight excluding hydrogens is 329 g/mol. The summed E-state index contributed by atoms with van der Waals surface area (Å²) in [4.78, 5) is 20.4. The molecule has 24 heavy (non-hydrogen) atoms. The van der Waals surface area contributed by atoms with Crippen LogP contribution in [0.25, 0.3) is 0 Å². The van der Waals surface area contributed by atoms with Crippen molar-refractivity contribution in [2.75, 3.05) is 5.32 Å². The van der Waals surface area contributed by atoms with Gasteiger partial charge in [0.1, 0.15) is 5.82 Å². The van der Waals surface area contributed by atoms with Gasteiger partial charge in [0.2, 0.25) is 0 Å². The van der Waals surface area contributed by atoms with E-state index in [-0.39, 0.29) is 18.0 Å². The molecule has 0 fully saturated rings. The molecule has 0 saturated heterocycles. The molecule has 120 valence electrons. The van der Waals surface area contributed by atoms with Crippen molar-refractivity contribution in [3.05, 3.63) is 83.2 Å². The van der Waals surface area contributed by atoms with Gasteiger partial charge in [-0.1, -0.05) is 11.6 Å². The van der Waals surface area contributed by atoms with Gasteiger partial charge in [-0.25, -0.2) is 4.39 Å². The van der Waals surface area contributed by atoms with Crippen LogP contribution in [0.15, 0.2) is 61.2 Å². The number of carbonyl (C=O) groups excluding carboxylic acids is 1. The summed E-state index contributed by atoms with van der Waals surface area (Å²) in [6.07, 6.45) is 6.39. The molecule has 0 radical (unpaired) electrons. The third-order valence-corrected chi connectivity index (χ3v) is 3.62. The smallest absolute Gasteiger partial charge is 0.168 e. The van der Waals surface area contributed by atoms with Crippen LogP contribution < -0.4 is 5.32 Å². The maximum absolute atomic E-state index is 13.0. The Labute approximate surface area is 143 Å². The number of pyridine rings is 2. The number of aromatic nitrogens is 2. The minimum absolute atomic E-state index is 0.0987. The molecule has 3 aromatic rings. The molecule has 0 aliphatic heterocycles. The lowest BCUT2D eigenvalue weighted by Crippen LogP contribution is -2.06. The zero-order chi connectivity index (χ0) is 16.9. The van der Waals surface area contributed by atoms with Crippen molar-refractivity contribution in [3.8, 4) is 0 Å². The van der Waals surface area contributed by atoms with Crippen molar-refractivity contribution >= 4 is 28.8 Å². The molecule has 0 bridgehead atoms. The monoisotopic (exact) mass is 341 g/mol. The number of benzene rings is 1. The number of hydrogen-bond acceptors (Lipinski definition) is 4. The lowest BCUT2D eigenvalue weighted by molar-refractivity contribution is 0.0992. The summed E-state index contributed by atoms with van der Waals surface area (Å²) in [5.41, 5.74) is 2.63. The molecule has 4 nitrogen and oxygen atoms in total. The Balaban J connectivity index is 1.81. The summed E-state index contributed by atoms with van der Waals surface area (Å²) >= 11 is 5.88. The number of rotatable bonds is 5. The highest BCUT2D eigenvalue weighted by Gasteiger charge is 2.11. The third kappa shape index (κ3) is 3.94. The van der Waals surface area contributed by atoms with E-state index < -0.39 is 0 Å². The lowest BCUT2D eigenvalue weighted by Gasteiger charge is -2.11. The van der Waals surface area contributed by atoms with Gasteiger partial charge in [-0.3, -0.25) is 14.8 Å². The Hall–Kier alpha value is -2.79. The maximum atomic E-state index is 13.0. The van der Waals surface area contributed by atoms with Crippen LogP contribution in [0.3, 0.4) is 0 Å². The molecule has 2 aromatic heterocycles. The van der Waals surface area contributed by atoms with E-state index in [9.17, 15) is 9.18 Å². The fourth-order valence-corrected chi connectivity index (χ4v) is 2.39. The first-order valence-electron chi connectivity index (χ1n) is 7.21. The lowest BCUT2D eigenvalue weighted by atomic mass is 10.0. The number of nitrogens with one attached hydrogen (secondary N) is 1. The summed E-state index contributed by atoms with van der Waals surface area (Å²) in [6, 6.07) is 9.32. The SMILES string of the molecule is O=C(Cc1ccncc1Nc1ccc(F)cc1)c1cncc(Cl)c1. The van der Waals surface area contributed by atoms with Crippen molar-refractivity contribution in [1.29, 1.82) is 0 Å². The first kappa shape index (κ1) is 16.1. The summed E-state index contributed by atoms with van der Waals surface area (Å²) in [5, 5.41) is 3.56. The zero-order valence-electron chi connectivity index (χ0n) is 12.5. The van der Waals surface area contributed by atoms with Crippen LogP contribution in [-0.2, 0) is 6.42 Å². The molecule has 0 unspecified atom stereocenters. The summed E-state index contributed by atoms with van der Waals surface area (Å²) in [7, 11) is 0. The molecule has 0 saturated carbocycles. The number of Topliss-reactive ketones (excluding diaryl/α,β-unsaturated/α-hetero) is 1. The molecule has 1 N–H and O–H groups in total. The summed E-state index contributed by atoms with van der Waals surface area (Å²) in [6.45, 7) is 0. The second-order valence-electron chi connectivity index (χ2n) is 5.16. The molecule has 2 heterocycles. The van der Waals surface area contributed by atoms with E-state index in [0.717, 1.165) is 5.56 Å². The Morgan fingerprint density at radius 1 is 1.08 bits per heavy atom. The normalized spacial score (nSPS) is 10.4. The molecule has 0 aliphatic carbocycles. The highest BCUT2D eigenvalue weighted by Crippen LogP contribution is 2.22. The first-order chi connectivity index (χ1) is 11.6. The highest BCUT2D eigenvalue weighted by molar-refractivity contribution is 6.30. The van der Waals surface area contributed by atoms with Gasteiger partial charge in [0.05, 0.1) is 16.9 Å². The number of carbonyl (C=O) groups is 1. The average molecular weight is 342 g/mol. The second-order valence-corrected chi connectivity index (χ2v) is 5.59. The van der Waals surface area contributed by atoms with Gasteiger partial charge in [0.15, 0.2) is 5.78 Å². The first-order valence-corrected chi connectivity index (χ1v) is 7.59. The van der Waals surface area contributed by atoms with E-state index in [2.05, 4.69) is 15.3 Å². The average Bonchev–Trinajstić information content (AvgIpc) is 2.58. The van der Waals surface area contributed by atoms with Gasteiger partial charge >= 0.3 is 0 Å². The number of hydrogen-bond donors (Lipinski definition) is 1. The minimum atomic E-state index is -0.310. The largest absolute Gasteiger partial charge is 0.354 e. The third-order valence-electron chi connectivity index (χ3n) is 3.41. The molecule has 1 aromatic carbocycles. The fourth-order valence-electron chi connectivity index (χ4n) is 2.22. The van der Waals surface area contributed by atoms with Crippen molar-refractivity contribution < 1.29 is 9.18 Å². The second kappa shape index (κ2) is 7.19. The number of ketones is 1. The van der Waals surface area contributed by atoms with Gasteiger partial charge in [0.25, 0.3) is 0 Å². The van der Waals surface area contributed by atoms with Crippen molar-refractivity contribution in [2.24, 2.45) is 0 Å². The Kier molecular flexibility index (Phi) is 4.82.